The van der Waals surface area contributed by atoms with Crippen LogP contribution in [0.25, 0.3) is 0 Å². The minimum absolute atomic E-state index is 0.188. The van der Waals surface area contributed by atoms with Gasteiger partial charge in [-0.1, -0.05) is 26.0 Å². The SMILES string of the molecule is CC(C)NCC(O)C1(Cl)C=CC(O)C(=O)C1Cl. The predicted molar refractivity (Wildman–Crippen MR) is 67.5 cm³/mol. The largest absolute Gasteiger partial charge is 0.390 e. The first-order valence-corrected chi connectivity index (χ1v) is 6.26. The van der Waals surface area contributed by atoms with Gasteiger partial charge in [0.05, 0.1) is 6.10 Å². The molecule has 4 nitrogen and oxygen atoms in total. The average molecular weight is 282 g/mol. The molecule has 1 aliphatic rings. The number of rotatable bonds is 4. The first-order chi connectivity index (χ1) is 7.79. The van der Waals surface area contributed by atoms with E-state index in [1.165, 1.54) is 12.2 Å². The summed E-state index contributed by atoms with van der Waals surface area (Å²) >= 11 is 12.1. The number of carbonyl (C=O) groups excluding carboxylic acids is 1. The summed E-state index contributed by atoms with van der Waals surface area (Å²) < 4.78 is 0. The molecule has 4 atom stereocenters. The van der Waals surface area contributed by atoms with Crippen LogP contribution in [0.2, 0.25) is 0 Å². The standard InChI is InChI=1S/C11H17Cl2NO3/c1-6(2)14-5-8(16)11(13)4-3-7(15)9(17)10(11)12/h3-4,6-8,10,14-16H,5H2,1-2H3. The highest BCUT2D eigenvalue weighted by Crippen LogP contribution is 2.34. The second-order valence-electron chi connectivity index (χ2n) is 4.47. The Hall–Kier alpha value is -0.130. The number of alkyl halides is 2. The van der Waals surface area contributed by atoms with Crippen LogP contribution in [0.15, 0.2) is 12.2 Å². The van der Waals surface area contributed by atoms with E-state index in [2.05, 4.69) is 5.32 Å². The molecule has 0 bridgehead atoms. The minimum atomic E-state index is -1.38. The summed E-state index contributed by atoms with van der Waals surface area (Å²) in [6.07, 6.45) is 0.397. The second kappa shape index (κ2) is 5.67. The van der Waals surface area contributed by atoms with Crippen molar-refractivity contribution in [2.75, 3.05) is 6.54 Å². The lowest BCUT2D eigenvalue weighted by molar-refractivity contribution is -0.126. The first-order valence-electron chi connectivity index (χ1n) is 5.44. The molecule has 0 spiro atoms. The smallest absolute Gasteiger partial charge is 0.185 e. The van der Waals surface area contributed by atoms with Crippen molar-refractivity contribution in [1.29, 1.82) is 0 Å². The number of aliphatic hydroxyl groups is 2. The van der Waals surface area contributed by atoms with E-state index in [0.717, 1.165) is 0 Å². The zero-order chi connectivity index (χ0) is 13.2. The van der Waals surface area contributed by atoms with Crippen LogP contribution >= 0.6 is 23.2 Å². The van der Waals surface area contributed by atoms with Gasteiger partial charge in [-0.2, -0.15) is 0 Å². The lowest BCUT2D eigenvalue weighted by atomic mass is 9.87. The summed E-state index contributed by atoms with van der Waals surface area (Å²) in [4.78, 5) is 10.2. The van der Waals surface area contributed by atoms with Gasteiger partial charge in [-0.3, -0.25) is 4.79 Å². The monoisotopic (exact) mass is 281 g/mol. The van der Waals surface area contributed by atoms with E-state index in [1.54, 1.807) is 0 Å². The number of ketones is 1. The summed E-state index contributed by atoms with van der Waals surface area (Å²) in [5.74, 6) is -0.590. The molecule has 1 aliphatic carbocycles. The van der Waals surface area contributed by atoms with Crippen LogP contribution in [0, 0.1) is 0 Å². The van der Waals surface area contributed by atoms with E-state index >= 15 is 0 Å². The van der Waals surface area contributed by atoms with Gasteiger partial charge in [-0.05, 0) is 0 Å². The van der Waals surface area contributed by atoms with E-state index in [4.69, 9.17) is 23.2 Å². The number of Topliss-reactive ketones (excluding diaryl/α,β-unsaturated/α-hetero) is 1. The molecule has 0 saturated heterocycles. The van der Waals surface area contributed by atoms with Crippen LogP contribution in [0.5, 0.6) is 0 Å². The molecule has 0 heterocycles. The maximum Gasteiger partial charge on any atom is 0.185 e. The third-order valence-corrected chi connectivity index (χ3v) is 3.98. The quantitative estimate of drug-likeness (QED) is 0.516. The van der Waals surface area contributed by atoms with Gasteiger partial charge in [0.1, 0.15) is 16.4 Å². The summed E-state index contributed by atoms with van der Waals surface area (Å²) in [5.41, 5.74) is 0. The van der Waals surface area contributed by atoms with Crippen LogP contribution in [-0.4, -0.2) is 51.0 Å². The Labute approximate surface area is 111 Å². The number of aliphatic hydroxyl groups excluding tert-OH is 2. The molecule has 0 aromatic rings. The summed E-state index contributed by atoms with van der Waals surface area (Å²) in [6.45, 7) is 4.08. The highest BCUT2D eigenvalue weighted by Gasteiger charge is 2.48. The van der Waals surface area contributed by atoms with Crippen LogP contribution < -0.4 is 5.32 Å². The number of nitrogens with one attached hydrogen (secondary N) is 1. The highest BCUT2D eigenvalue weighted by atomic mass is 35.5. The van der Waals surface area contributed by atoms with Crippen LogP contribution in [-0.2, 0) is 4.79 Å². The van der Waals surface area contributed by atoms with Gasteiger partial charge in [0.15, 0.2) is 5.78 Å². The molecule has 0 amide bonds. The zero-order valence-corrected chi connectivity index (χ0v) is 11.2. The van der Waals surface area contributed by atoms with E-state index in [1.807, 2.05) is 13.8 Å². The van der Waals surface area contributed by atoms with E-state index in [9.17, 15) is 15.0 Å². The molecule has 1 rings (SSSR count). The maximum absolute atomic E-state index is 11.5. The van der Waals surface area contributed by atoms with Crippen molar-refractivity contribution >= 4 is 29.0 Å². The summed E-state index contributed by atoms with van der Waals surface area (Å²) in [6, 6.07) is 0.188. The molecular formula is C11H17Cl2NO3. The highest BCUT2D eigenvalue weighted by molar-refractivity contribution is 6.41. The van der Waals surface area contributed by atoms with E-state index in [-0.39, 0.29) is 12.6 Å². The Morgan fingerprint density at radius 3 is 2.71 bits per heavy atom. The minimum Gasteiger partial charge on any atom is -0.390 e. The Morgan fingerprint density at radius 1 is 1.59 bits per heavy atom. The van der Waals surface area contributed by atoms with Gasteiger partial charge in [0, 0.05) is 12.6 Å². The molecule has 4 unspecified atom stereocenters. The molecule has 0 aliphatic heterocycles. The number of carbonyl (C=O) groups is 1. The van der Waals surface area contributed by atoms with Crippen LogP contribution in [0.1, 0.15) is 13.8 Å². The van der Waals surface area contributed by atoms with Gasteiger partial charge in [-0.25, -0.2) is 0 Å². The Balaban J connectivity index is 2.79. The van der Waals surface area contributed by atoms with Crippen LogP contribution in [0.3, 0.4) is 0 Å². The Morgan fingerprint density at radius 2 is 2.18 bits per heavy atom. The third kappa shape index (κ3) is 3.20. The predicted octanol–water partition coefficient (Wildman–Crippen LogP) is 0.430. The summed E-state index contributed by atoms with van der Waals surface area (Å²) in [5, 5.41) is 21.2. The van der Waals surface area contributed by atoms with Gasteiger partial charge in [-0.15, -0.1) is 23.2 Å². The first kappa shape index (κ1) is 14.9. The Kier molecular flexibility index (Phi) is 4.98. The zero-order valence-electron chi connectivity index (χ0n) is 9.73. The lowest BCUT2D eigenvalue weighted by Crippen LogP contribution is -2.55. The third-order valence-electron chi connectivity index (χ3n) is 2.69. The van der Waals surface area contributed by atoms with Crippen molar-refractivity contribution in [2.24, 2.45) is 0 Å². The molecule has 0 aromatic carbocycles. The maximum atomic E-state index is 11.5. The lowest BCUT2D eigenvalue weighted by Gasteiger charge is -2.36. The van der Waals surface area contributed by atoms with Crippen molar-refractivity contribution in [3.63, 3.8) is 0 Å². The van der Waals surface area contributed by atoms with Crippen molar-refractivity contribution in [3.8, 4) is 0 Å². The van der Waals surface area contributed by atoms with Crippen LogP contribution in [0.4, 0.5) is 0 Å². The molecule has 0 fully saturated rings. The molecule has 0 radical (unpaired) electrons. The van der Waals surface area contributed by atoms with Gasteiger partial charge >= 0.3 is 0 Å². The molecule has 98 valence electrons. The van der Waals surface area contributed by atoms with Crippen molar-refractivity contribution in [1.82, 2.24) is 5.32 Å². The topological polar surface area (TPSA) is 69.6 Å². The van der Waals surface area contributed by atoms with Gasteiger partial charge in [0.2, 0.25) is 0 Å². The average Bonchev–Trinajstić information content (AvgIpc) is 2.28. The molecule has 0 saturated carbocycles. The second-order valence-corrected chi connectivity index (χ2v) is 5.57. The fourth-order valence-corrected chi connectivity index (χ4v) is 2.17. The molecule has 6 heteroatoms. The fraction of sp³-hybridized carbons (Fsp3) is 0.727. The Bertz CT molecular complexity index is 322. The normalized spacial score (nSPS) is 35.4. The molecule has 3 N–H and O–H groups in total. The molecule has 0 aromatic heterocycles. The molecular weight excluding hydrogens is 265 g/mol. The van der Waals surface area contributed by atoms with E-state index in [0.29, 0.717) is 0 Å². The molecule has 17 heavy (non-hydrogen) atoms. The fourth-order valence-electron chi connectivity index (χ4n) is 1.57. The number of hydrogen-bond donors (Lipinski definition) is 3. The van der Waals surface area contributed by atoms with Gasteiger partial charge < -0.3 is 15.5 Å². The summed E-state index contributed by atoms with van der Waals surface area (Å²) in [7, 11) is 0. The number of hydrogen-bond acceptors (Lipinski definition) is 4. The number of halogens is 2. The van der Waals surface area contributed by atoms with Gasteiger partial charge in [0.25, 0.3) is 0 Å². The van der Waals surface area contributed by atoms with Crippen molar-refractivity contribution in [3.05, 3.63) is 12.2 Å². The van der Waals surface area contributed by atoms with Crippen molar-refractivity contribution in [2.45, 2.75) is 42.3 Å². The van der Waals surface area contributed by atoms with Crippen molar-refractivity contribution < 1.29 is 15.0 Å². The van der Waals surface area contributed by atoms with E-state index < -0.39 is 28.2 Å².